The predicted molar refractivity (Wildman–Crippen MR) is 64.3 cm³/mol. The van der Waals surface area contributed by atoms with Crippen molar-refractivity contribution in [1.29, 1.82) is 0 Å². The Morgan fingerprint density at radius 3 is 2.67 bits per heavy atom. The first-order chi connectivity index (χ1) is 5.67. The van der Waals surface area contributed by atoms with E-state index in [-0.39, 0.29) is 0 Å². The van der Waals surface area contributed by atoms with Gasteiger partial charge in [-0.2, -0.15) is 0 Å². The quantitative estimate of drug-likeness (QED) is 0.473. The topological polar surface area (TPSA) is 0 Å². The molecule has 2 rings (SSSR count). The molecule has 1 aromatic rings. The van der Waals surface area contributed by atoms with Crippen LogP contribution in [0.1, 0.15) is 11.1 Å². The van der Waals surface area contributed by atoms with Gasteiger partial charge in [0.15, 0.2) is 0 Å². The number of halogens is 1. The molecule has 1 atom stereocenters. The Balaban J connectivity index is 2.35. The van der Waals surface area contributed by atoms with Crippen molar-refractivity contribution in [3.8, 4) is 0 Å². The van der Waals surface area contributed by atoms with Gasteiger partial charge in [0.25, 0.3) is 0 Å². The summed E-state index contributed by atoms with van der Waals surface area (Å²) in [5.74, 6) is 0. The molecule has 0 aliphatic carbocycles. The van der Waals surface area contributed by atoms with E-state index in [0.717, 1.165) is 0 Å². The zero-order valence-corrected chi connectivity index (χ0v) is 11.7. The third-order valence-electron chi connectivity index (χ3n) is 2.37. The summed E-state index contributed by atoms with van der Waals surface area (Å²) in [5.41, 5.74) is 3.25. The molecule has 0 amide bonds. The van der Waals surface area contributed by atoms with Crippen LogP contribution in [0.5, 0.6) is 0 Å². The molecule has 0 spiro atoms. The second kappa shape index (κ2) is 3.47. The third kappa shape index (κ3) is 1.97. The summed E-state index contributed by atoms with van der Waals surface area (Å²) < 4.78 is 2.94. The predicted octanol–water partition coefficient (Wildman–Crippen LogP) is 3.33. The fraction of sp³-hybridized carbons (Fsp3) is 0.400. The van der Waals surface area contributed by atoms with Gasteiger partial charge in [-0.25, -0.2) is 0 Å². The number of benzene rings is 1. The first-order valence-corrected chi connectivity index (χ1v) is 16.6. The molecule has 0 aromatic heterocycles. The van der Waals surface area contributed by atoms with Crippen molar-refractivity contribution in [2.75, 3.05) is 0 Å². The van der Waals surface area contributed by atoms with E-state index < -0.39 is 14.2 Å². The molecular weight excluding hydrogens is 375 g/mol. The average Bonchev–Trinajstić information content (AvgIpc) is 2.02. The Morgan fingerprint density at radius 1 is 1.25 bits per heavy atom. The third-order valence-corrected chi connectivity index (χ3v) is 13.0. The van der Waals surface area contributed by atoms with Crippen molar-refractivity contribution in [3.05, 3.63) is 35.4 Å². The van der Waals surface area contributed by atoms with Crippen molar-refractivity contribution < 1.29 is 0 Å². The van der Waals surface area contributed by atoms with Crippen LogP contribution in [0.4, 0.5) is 0 Å². The SMILES string of the molecule is C[Te]1(I)CCc2ccccc2C1. The van der Waals surface area contributed by atoms with Gasteiger partial charge in [0.1, 0.15) is 0 Å². The molecule has 0 radical (unpaired) electrons. The molecule has 1 aliphatic rings. The first-order valence-electron chi connectivity index (χ1n) is 4.17. The van der Waals surface area contributed by atoms with E-state index in [1.165, 1.54) is 15.4 Å². The van der Waals surface area contributed by atoms with Crippen LogP contribution in [-0.4, -0.2) is 14.2 Å². The van der Waals surface area contributed by atoms with Gasteiger partial charge in [-0.1, -0.05) is 0 Å². The summed E-state index contributed by atoms with van der Waals surface area (Å²) in [4.78, 5) is 2.54. The molecule has 0 bridgehead atoms. The normalized spacial score (nSPS) is 33.5. The van der Waals surface area contributed by atoms with Crippen molar-refractivity contribution in [2.45, 2.75) is 20.3 Å². The summed E-state index contributed by atoms with van der Waals surface area (Å²) in [6.45, 7) is 0. The van der Waals surface area contributed by atoms with Crippen LogP contribution in [0.25, 0.3) is 0 Å². The molecule has 1 aromatic carbocycles. The standard InChI is InChI=1S/C10H13ITe/c1-12(11)7-6-9-4-2-3-5-10(9)8-12/h2-5H,6-8H2,1H3. The molecule has 0 saturated heterocycles. The molecule has 1 aliphatic heterocycles. The van der Waals surface area contributed by atoms with Crippen LogP contribution in [0.15, 0.2) is 24.3 Å². The summed E-state index contributed by atoms with van der Waals surface area (Å²) >= 11 is 1.40. The number of aryl methyl sites for hydroxylation is 1. The average molecular weight is 388 g/mol. The second-order valence-corrected chi connectivity index (χ2v) is 26.4. The van der Waals surface area contributed by atoms with E-state index in [1.807, 2.05) is 0 Å². The Hall–Kier alpha value is 0.740. The summed E-state index contributed by atoms with van der Waals surface area (Å²) in [6, 6.07) is 8.96. The molecule has 2 heteroatoms. The van der Waals surface area contributed by atoms with Crippen LogP contribution < -0.4 is 0 Å². The van der Waals surface area contributed by atoms with E-state index in [2.05, 4.69) is 47.9 Å². The number of hydrogen-bond donors (Lipinski definition) is 0. The molecule has 0 nitrogen and oxygen atoms in total. The van der Waals surface area contributed by atoms with Crippen LogP contribution in [0.2, 0.25) is 9.44 Å². The number of fused-ring (bicyclic) bond motifs is 1. The van der Waals surface area contributed by atoms with Crippen molar-refractivity contribution in [2.24, 2.45) is 0 Å². The monoisotopic (exact) mass is 390 g/mol. The van der Waals surface area contributed by atoms with E-state index in [4.69, 9.17) is 0 Å². The molecule has 12 heavy (non-hydrogen) atoms. The zero-order valence-electron chi connectivity index (χ0n) is 7.22. The van der Waals surface area contributed by atoms with Gasteiger partial charge in [0.2, 0.25) is 0 Å². The van der Waals surface area contributed by atoms with Crippen molar-refractivity contribution in [3.63, 3.8) is 0 Å². The Kier molecular flexibility index (Phi) is 2.69. The van der Waals surface area contributed by atoms with Gasteiger partial charge in [0, 0.05) is 0 Å². The second-order valence-electron chi connectivity index (χ2n) is 3.52. The van der Waals surface area contributed by atoms with Gasteiger partial charge in [-0.15, -0.1) is 0 Å². The molecule has 66 valence electrons. The zero-order chi connectivity index (χ0) is 8.60. The van der Waals surface area contributed by atoms with Crippen LogP contribution in [-0.2, 0) is 10.9 Å². The summed E-state index contributed by atoms with van der Waals surface area (Å²) in [7, 11) is 0. The van der Waals surface area contributed by atoms with Crippen LogP contribution in [0, 0.1) is 0 Å². The fourth-order valence-electron chi connectivity index (χ4n) is 1.66. The Bertz CT molecular complexity index is 294. The molecule has 0 saturated carbocycles. The van der Waals surface area contributed by atoms with Crippen LogP contribution in [0.3, 0.4) is 0 Å². The van der Waals surface area contributed by atoms with Gasteiger partial charge in [-0.05, 0) is 0 Å². The molecular formula is C10H13ITe. The Labute approximate surface area is 87.8 Å². The van der Waals surface area contributed by atoms with E-state index in [0.29, 0.717) is 0 Å². The van der Waals surface area contributed by atoms with Gasteiger partial charge < -0.3 is 0 Å². The van der Waals surface area contributed by atoms with Gasteiger partial charge in [0.05, 0.1) is 0 Å². The molecule has 1 heterocycles. The number of hydrogen-bond acceptors (Lipinski definition) is 0. The van der Waals surface area contributed by atoms with E-state index >= 15 is 0 Å². The minimum atomic E-state index is -1.37. The van der Waals surface area contributed by atoms with Crippen molar-refractivity contribution >= 4 is 32.9 Å². The van der Waals surface area contributed by atoms with E-state index in [9.17, 15) is 0 Å². The summed E-state index contributed by atoms with van der Waals surface area (Å²) in [6.07, 6.45) is 1.34. The maximum atomic E-state index is 2.78. The van der Waals surface area contributed by atoms with Crippen molar-refractivity contribution in [1.82, 2.24) is 0 Å². The van der Waals surface area contributed by atoms with Gasteiger partial charge in [-0.3, -0.25) is 0 Å². The summed E-state index contributed by atoms with van der Waals surface area (Å²) in [5, 5.41) is 0. The van der Waals surface area contributed by atoms with E-state index in [1.54, 1.807) is 11.1 Å². The fourth-order valence-corrected chi connectivity index (χ4v) is 10.3. The molecule has 0 N–H and O–H groups in total. The maximum absolute atomic E-state index is 2.78. The minimum absolute atomic E-state index is 1.34. The Morgan fingerprint density at radius 2 is 1.92 bits per heavy atom. The van der Waals surface area contributed by atoms with Gasteiger partial charge >= 0.3 is 88.7 Å². The number of rotatable bonds is 0. The molecule has 0 fully saturated rings. The first kappa shape index (κ1) is 9.30. The molecule has 1 unspecified atom stereocenters. The van der Waals surface area contributed by atoms with Crippen LogP contribution >= 0.6 is 18.7 Å².